The van der Waals surface area contributed by atoms with Crippen molar-refractivity contribution in [1.82, 2.24) is 19.2 Å². The van der Waals surface area contributed by atoms with E-state index >= 15 is 0 Å². The second kappa shape index (κ2) is 8.65. The fourth-order valence-corrected chi connectivity index (χ4v) is 3.93. The third kappa shape index (κ3) is 3.98. The van der Waals surface area contributed by atoms with Gasteiger partial charge in [-0.05, 0) is 42.8 Å². The maximum atomic E-state index is 13.0. The molecular weight excluding hydrogens is 391 g/mol. The maximum Gasteiger partial charge on any atom is 0.262 e. The average molecular weight is 412 g/mol. The molecule has 0 atom stereocenters. The van der Waals surface area contributed by atoms with Gasteiger partial charge in [-0.1, -0.05) is 37.2 Å². The van der Waals surface area contributed by atoms with Gasteiger partial charge in [0.2, 0.25) is 5.78 Å². The first-order chi connectivity index (χ1) is 14.2. The molecule has 0 saturated heterocycles. The number of ether oxygens (including phenoxy) is 1. The van der Waals surface area contributed by atoms with Crippen LogP contribution < -0.4 is 10.3 Å². The average Bonchev–Trinajstić information content (AvgIpc) is 3.16. The fraction of sp³-hybridized carbons (Fsp3) is 0.286. The Morgan fingerprint density at radius 2 is 1.90 bits per heavy atom. The molecule has 29 heavy (non-hydrogen) atoms. The van der Waals surface area contributed by atoms with E-state index in [0.29, 0.717) is 41.0 Å². The Balaban J connectivity index is 1.60. The van der Waals surface area contributed by atoms with E-state index in [1.807, 2.05) is 28.7 Å². The molecule has 0 unspecified atom stereocenters. The Morgan fingerprint density at radius 1 is 1.10 bits per heavy atom. The lowest BCUT2D eigenvalue weighted by atomic mass is 10.2. The molecule has 150 valence electrons. The maximum absolute atomic E-state index is 13.0. The first kappa shape index (κ1) is 19.4. The first-order valence-corrected chi connectivity index (χ1v) is 10.6. The number of benzene rings is 2. The summed E-state index contributed by atoms with van der Waals surface area (Å²) >= 11 is 1.51. The van der Waals surface area contributed by atoms with Crippen molar-refractivity contribution in [3.05, 3.63) is 64.7 Å². The summed E-state index contributed by atoms with van der Waals surface area (Å²) in [6, 6.07) is 13.5. The van der Waals surface area contributed by atoms with Gasteiger partial charge in [0.1, 0.15) is 11.6 Å². The van der Waals surface area contributed by atoms with Gasteiger partial charge < -0.3 is 4.74 Å². The number of aryl methyl sites for hydroxylation is 1. The van der Waals surface area contributed by atoms with Crippen molar-refractivity contribution in [2.45, 2.75) is 31.5 Å². The van der Waals surface area contributed by atoms with Crippen LogP contribution in [-0.2, 0) is 6.54 Å². The van der Waals surface area contributed by atoms with Crippen LogP contribution in [0.3, 0.4) is 0 Å². The zero-order valence-corrected chi connectivity index (χ0v) is 16.9. The molecule has 2 aromatic carbocycles. The number of aromatic nitrogens is 4. The summed E-state index contributed by atoms with van der Waals surface area (Å²) in [5, 5.41) is 9.99. The summed E-state index contributed by atoms with van der Waals surface area (Å²) in [6.45, 7) is 3.15. The van der Waals surface area contributed by atoms with Gasteiger partial charge in [-0.25, -0.2) is 4.39 Å². The molecule has 0 bridgehead atoms. The number of unbranched alkanes of at least 4 members (excludes halogenated alkanes) is 1. The van der Waals surface area contributed by atoms with Gasteiger partial charge in [-0.3, -0.25) is 13.8 Å². The lowest BCUT2D eigenvalue weighted by Crippen LogP contribution is -2.23. The molecule has 8 heteroatoms. The molecule has 0 fully saturated rings. The molecule has 0 N–H and O–H groups in total. The standard InChI is InChI=1S/C21H21FN4O2S/c1-2-3-12-25-19(27)17-6-4-5-7-18(17)26-20(25)23-24-21(26)29-14-13-28-16-10-8-15(22)9-11-16/h4-11H,2-3,12-14H2,1H3. The van der Waals surface area contributed by atoms with Crippen molar-refractivity contribution >= 4 is 28.4 Å². The number of halogens is 1. The monoisotopic (exact) mass is 412 g/mol. The molecule has 0 aliphatic carbocycles. The molecule has 0 amide bonds. The molecule has 4 aromatic rings. The predicted octanol–water partition coefficient (Wildman–Crippen LogP) is 4.15. The smallest absolute Gasteiger partial charge is 0.262 e. The van der Waals surface area contributed by atoms with Gasteiger partial charge in [0.15, 0.2) is 5.16 Å². The van der Waals surface area contributed by atoms with Gasteiger partial charge in [0.25, 0.3) is 5.56 Å². The van der Waals surface area contributed by atoms with Crippen molar-refractivity contribution in [2.75, 3.05) is 12.4 Å². The Kier molecular flexibility index (Phi) is 5.80. The summed E-state index contributed by atoms with van der Waals surface area (Å²) in [7, 11) is 0. The van der Waals surface area contributed by atoms with Crippen molar-refractivity contribution in [1.29, 1.82) is 0 Å². The number of fused-ring (bicyclic) bond motifs is 3. The highest BCUT2D eigenvalue weighted by Gasteiger charge is 2.16. The van der Waals surface area contributed by atoms with Crippen LogP contribution in [0.2, 0.25) is 0 Å². The number of thioether (sulfide) groups is 1. The highest BCUT2D eigenvalue weighted by molar-refractivity contribution is 7.99. The fourth-order valence-electron chi connectivity index (χ4n) is 3.17. The van der Waals surface area contributed by atoms with Crippen LogP contribution in [0.15, 0.2) is 58.5 Å². The van der Waals surface area contributed by atoms with Crippen molar-refractivity contribution < 1.29 is 9.13 Å². The van der Waals surface area contributed by atoms with Crippen LogP contribution in [0.5, 0.6) is 5.75 Å². The van der Waals surface area contributed by atoms with Crippen molar-refractivity contribution in [3.63, 3.8) is 0 Å². The van der Waals surface area contributed by atoms with E-state index < -0.39 is 0 Å². The molecule has 2 heterocycles. The number of hydrogen-bond donors (Lipinski definition) is 0. The zero-order valence-electron chi connectivity index (χ0n) is 16.0. The molecule has 4 rings (SSSR count). The van der Waals surface area contributed by atoms with Crippen LogP contribution in [0.4, 0.5) is 4.39 Å². The second-order valence-electron chi connectivity index (χ2n) is 6.60. The largest absolute Gasteiger partial charge is 0.493 e. The number of hydrogen-bond acceptors (Lipinski definition) is 5. The third-order valence-corrected chi connectivity index (χ3v) is 5.50. The first-order valence-electron chi connectivity index (χ1n) is 9.57. The molecule has 6 nitrogen and oxygen atoms in total. The van der Waals surface area contributed by atoms with Gasteiger partial charge in [0.05, 0.1) is 17.5 Å². The summed E-state index contributed by atoms with van der Waals surface area (Å²) in [4.78, 5) is 12.9. The normalized spacial score (nSPS) is 11.4. The SMILES string of the molecule is CCCCn1c(=O)c2ccccc2n2c(SCCOc3ccc(F)cc3)nnc12. The van der Waals surface area contributed by atoms with E-state index in [1.165, 1.54) is 23.9 Å². The number of rotatable bonds is 8. The topological polar surface area (TPSA) is 61.4 Å². The minimum absolute atomic E-state index is 0.0369. The third-order valence-electron chi connectivity index (χ3n) is 4.61. The van der Waals surface area contributed by atoms with E-state index in [-0.39, 0.29) is 11.4 Å². The van der Waals surface area contributed by atoms with E-state index in [0.717, 1.165) is 18.4 Å². The molecule has 0 spiro atoms. The van der Waals surface area contributed by atoms with Gasteiger partial charge in [-0.2, -0.15) is 0 Å². The molecular formula is C21H21FN4O2S. The minimum atomic E-state index is -0.289. The van der Waals surface area contributed by atoms with E-state index in [9.17, 15) is 9.18 Å². The molecule has 0 aliphatic rings. The van der Waals surface area contributed by atoms with Crippen LogP contribution in [0.1, 0.15) is 19.8 Å². The van der Waals surface area contributed by atoms with Crippen molar-refractivity contribution in [2.24, 2.45) is 0 Å². The highest BCUT2D eigenvalue weighted by atomic mass is 32.2. The highest BCUT2D eigenvalue weighted by Crippen LogP contribution is 2.22. The van der Waals surface area contributed by atoms with Crippen molar-refractivity contribution in [3.8, 4) is 5.75 Å². The second-order valence-corrected chi connectivity index (χ2v) is 7.66. The number of nitrogens with zero attached hydrogens (tertiary/aromatic N) is 4. The Labute approximate surface area is 171 Å². The Hall–Kier alpha value is -2.87. The van der Waals surface area contributed by atoms with E-state index in [2.05, 4.69) is 17.1 Å². The summed E-state index contributed by atoms with van der Waals surface area (Å²) in [5.74, 6) is 1.53. The summed E-state index contributed by atoms with van der Waals surface area (Å²) in [5.41, 5.74) is 0.761. The van der Waals surface area contributed by atoms with Crippen LogP contribution in [0.25, 0.3) is 16.7 Å². The zero-order chi connectivity index (χ0) is 20.2. The molecule has 0 aliphatic heterocycles. The number of para-hydroxylation sites is 1. The quantitative estimate of drug-likeness (QED) is 0.321. The predicted molar refractivity (Wildman–Crippen MR) is 112 cm³/mol. The van der Waals surface area contributed by atoms with Crippen LogP contribution in [-0.4, -0.2) is 31.5 Å². The summed E-state index contributed by atoms with van der Waals surface area (Å²) in [6.07, 6.45) is 1.89. The lowest BCUT2D eigenvalue weighted by Gasteiger charge is -2.11. The van der Waals surface area contributed by atoms with Crippen LogP contribution in [0, 0.1) is 5.82 Å². The molecule has 2 aromatic heterocycles. The van der Waals surface area contributed by atoms with Gasteiger partial charge in [0, 0.05) is 12.3 Å². The van der Waals surface area contributed by atoms with E-state index in [4.69, 9.17) is 4.74 Å². The molecule has 0 saturated carbocycles. The van der Waals surface area contributed by atoms with E-state index in [1.54, 1.807) is 16.7 Å². The Morgan fingerprint density at radius 3 is 2.69 bits per heavy atom. The minimum Gasteiger partial charge on any atom is -0.493 e. The van der Waals surface area contributed by atoms with Crippen LogP contribution >= 0.6 is 11.8 Å². The molecule has 0 radical (unpaired) electrons. The van der Waals surface area contributed by atoms with Gasteiger partial charge >= 0.3 is 0 Å². The summed E-state index contributed by atoms with van der Waals surface area (Å²) < 4.78 is 22.3. The lowest BCUT2D eigenvalue weighted by molar-refractivity contribution is 0.343. The van der Waals surface area contributed by atoms with Gasteiger partial charge in [-0.15, -0.1) is 10.2 Å². The Bertz CT molecular complexity index is 1190.